The number of benzene rings is 1. The number of carbonyl (C=O) groups is 4. The summed E-state index contributed by atoms with van der Waals surface area (Å²) in [5.41, 5.74) is 6.56. The lowest BCUT2D eigenvalue weighted by Crippen LogP contribution is -2.62. The van der Waals surface area contributed by atoms with Gasteiger partial charge >= 0.3 is 0 Å². The van der Waals surface area contributed by atoms with Crippen LogP contribution in [0, 0.1) is 11.8 Å². The highest BCUT2D eigenvalue weighted by Gasteiger charge is 2.37. The molecule has 4 amide bonds. The second kappa shape index (κ2) is 15.5. The molecule has 1 aliphatic carbocycles. The maximum Gasteiger partial charge on any atom is 0.258 e. The van der Waals surface area contributed by atoms with Crippen LogP contribution in [0.5, 0.6) is 0 Å². The largest absolute Gasteiger partial charge is 0.381 e. The fourth-order valence-electron chi connectivity index (χ4n) is 6.09. The highest BCUT2D eigenvalue weighted by atomic mass is 16.5. The van der Waals surface area contributed by atoms with Crippen molar-refractivity contribution in [3.8, 4) is 0 Å². The number of ether oxygens (including phenoxy) is 1. The second-order valence-corrected chi connectivity index (χ2v) is 12.3. The van der Waals surface area contributed by atoms with E-state index in [4.69, 9.17) is 4.74 Å². The normalized spacial score (nSPS) is 20.9. The Kier molecular flexibility index (Phi) is 12.3. The predicted molar refractivity (Wildman–Crippen MR) is 167 cm³/mol. The van der Waals surface area contributed by atoms with Crippen molar-refractivity contribution in [3.63, 3.8) is 0 Å². The van der Waals surface area contributed by atoms with E-state index < -0.39 is 30.0 Å². The Morgan fingerprint density at radius 3 is 2.49 bits per heavy atom. The first-order valence-corrected chi connectivity index (χ1v) is 15.7. The number of methoxy groups -OCH3 is 1. The number of hydrogen-bond donors (Lipinski definition) is 3. The van der Waals surface area contributed by atoms with Crippen molar-refractivity contribution >= 4 is 29.7 Å². The van der Waals surface area contributed by atoms with E-state index in [0.717, 1.165) is 36.8 Å². The number of nitrogens with one attached hydrogen (secondary N) is 3. The molecule has 1 fully saturated rings. The van der Waals surface area contributed by atoms with Gasteiger partial charge in [-0.25, -0.2) is 5.43 Å². The van der Waals surface area contributed by atoms with Crippen LogP contribution in [0.2, 0.25) is 0 Å². The van der Waals surface area contributed by atoms with E-state index in [-0.39, 0.29) is 35.8 Å². The molecule has 3 N–H and O–H groups in total. The summed E-state index contributed by atoms with van der Waals surface area (Å²) in [6.45, 7) is 13.4. The molecule has 1 saturated heterocycles. The van der Waals surface area contributed by atoms with E-state index in [2.05, 4.69) is 34.8 Å². The maximum atomic E-state index is 13.6. The molecule has 10 heteroatoms. The SMILES string of the molecule is C=Cc1ccc2c(c1)[C@H](N(C)C(=O)[C@@H]1CCCN(C(=O)[C@H](C)NC(=O)[C@@H](NC(=O)[C@H](C)[C@@H](CCC)OC)C(C)C)N1)CC2. The van der Waals surface area contributed by atoms with Crippen molar-refractivity contribution in [2.45, 2.75) is 103 Å². The minimum absolute atomic E-state index is 0.0273. The first kappa shape index (κ1) is 34.3. The van der Waals surface area contributed by atoms with Crippen LogP contribution in [-0.2, 0) is 30.3 Å². The van der Waals surface area contributed by atoms with Gasteiger partial charge < -0.3 is 20.3 Å². The third kappa shape index (κ3) is 8.23. The number of likely N-dealkylation sites (N-methyl/N-ethyl adjacent to an activating group) is 1. The van der Waals surface area contributed by atoms with Crippen molar-refractivity contribution in [1.29, 1.82) is 0 Å². The summed E-state index contributed by atoms with van der Waals surface area (Å²) >= 11 is 0. The molecule has 3 rings (SSSR count). The maximum absolute atomic E-state index is 13.6. The van der Waals surface area contributed by atoms with Crippen molar-refractivity contribution < 1.29 is 23.9 Å². The summed E-state index contributed by atoms with van der Waals surface area (Å²) in [5.74, 6) is -1.71. The summed E-state index contributed by atoms with van der Waals surface area (Å²) in [6, 6.07) is 4.03. The van der Waals surface area contributed by atoms with Gasteiger partial charge in [-0.05, 0) is 67.7 Å². The number of carbonyl (C=O) groups excluding carboxylic acids is 4. The Bertz CT molecular complexity index is 1170. The third-order valence-corrected chi connectivity index (χ3v) is 8.84. The molecule has 0 radical (unpaired) electrons. The first-order chi connectivity index (χ1) is 20.4. The summed E-state index contributed by atoms with van der Waals surface area (Å²) in [4.78, 5) is 55.0. The van der Waals surface area contributed by atoms with Crippen LogP contribution in [0.3, 0.4) is 0 Å². The van der Waals surface area contributed by atoms with Crippen molar-refractivity contribution in [2.24, 2.45) is 11.8 Å². The topological polar surface area (TPSA) is 120 Å². The highest BCUT2D eigenvalue weighted by Crippen LogP contribution is 2.36. The van der Waals surface area contributed by atoms with Gasteiger partial charge in [-0.2, -0.15) is 0 Å². The number of rotatable bonds is 13. The molecular weight excluding hydrogens is 546 g/mol. The van der Waals surface area contributed by atoms with Gasteiger partial charge in [0.15, 0.2) is 0 Å². The second-order valence-electron chi connectivity index (χ2n) is 12.3. The van der Waals surface area contributed by atoms with Gasteiger partial charge in [-0.1, -0.05) is 58.9 Å². The molecule has 1 aliphatic heterocycles. The van der Waals surface area contributed by atoms with Crippen LogP contribution in [0.1, 0.15) is 89.5 Å². The molecule has 238 valence electrons. The number of hydrogen-bond acceptors (Lipinski definition) is 6. The molecule has 1 heterocycles. The van der Waals surface area contributed by atoms with E-state index >= 15 is 0 Å². The van der Waals surface area contributed by atoms with Gasteiger partial charge in [0.1, 0.15) is 18.1 Å². The zero-order valence-electron chi connectivity index (χ0n) is 26.9. The van der Waals surface area contributed by atoms with Crippen LogP contribution in [0.15, 0.2) is 24.8 Å². The standard InChI is InChI=1S/C33H51N5O5/c1-9-12-28(43-8)21(5)30(39)35-29(20(3)4)31(40)34-22(6)32(41)38-18-11-13-26(36-38)33(42)37(7)27-17-16-24-15-14-23(10-2)19-25(24)27/h10,14-15,19-22,26-29,36H,2,9,11-13,16-18H2,1,3-8H3,(H,34,40)(H,35,39)/t21-,22+,26+,27-,28-,29+/m1/s1. The molecule has 0 bridgehead atoms. The zero-order chi connectivity index (χ0) is 31.8. The predicted octanol–water partition coefficient (Wildman–Crippen LogP) is 3.37. The van der Waals surface area contributed by atoms with E-state index in [1.807, 2.05) is 40.0 Å². The Morgan fingerprint density at radius 2 is 1.86 bits per heavy atom. The average molecular weight is 598 g/mol. The number of amides is 4. The lowest BCUT2D eigenvalue weighted by atomic mass is 9.97. The molecule has 6 atom stereocenters. The molecule has 0 saturated carbocycles. The van der Waals surface area contributed by atoms with Gasteiger partial charge in [0.2, 0.25) is 17.7 Å². The van der Waals surface area contributed by atoms with Gasteiger partial charge in [0.25, 0.3) is 5.91 Å². The summed E-state index contributed by atoms with van der Waals surface area (Å²) in [5, 5.41) is 7.09. The van der Waals surface area contributed by atoms with Crippen LogP contribution in [0.25, 0.3) is 6.08 Å². The molecule has 0 spiro atoms. The van der Waals surface area contributed by atoms with E-state index in [1.54, 1.807) is 25.9 Å². The molecule has 10 nitrogen and oxygen atoms in total. The average Bonchev–Trinajstić information content (AvgIpc) is 3.43. The Hall–Kier alpha value is -3.24. The first-order valence-electron chi connectivity index (χ1n) is 15.7. The van der Waals surface area contributed by atoms with Gasteiger partial charge in [-0.15, -0.1) is 0 Å². The van der Waals surface area contributed by atoms with E-state index in [9.17, 15) is 19.2 Å². The molecule has 0 aromatic heterocycles. The highest BCUT2D eigenvalue weighted by molar-refractivity contribution is 5.92. The van der Waals surface area contributed by atoms with E-state index in [0.29, 0.717) is 19.4 Å². The minimum atomic E-state index is -0.854. The summed E-state index contributed by atoms with van der Waals surface area (Å²) in [6.07, 6.45) is 6.22. The molecule has 0 unspecified atom stereocenters. The Morgan fingerprint density at radius 1 is 1.14 bits per heavy atom. The van der Waals surface area contributed by atoms with Crippen molar-refractivity contribution in [1.82, 2.24) is 26.0 Å². The smallest absolute Gasteiger partial charge is 0.258 e. The van der Waals surface area contributed by atoms with Crippen LogP contribution in [0.4, 0.5) is 0 Å². The van der Waals surface area contributed by atoms with Crippen LogP contribution < -0.4 is 16.1 Å². The lowest BCUT2D eigenvalue weighted by Gasteiger charge is -2.37. The van der Waals surface area contributed by atoms with Crippen LogP contribution in [-0.4, -0.2) is 78.5 Å². The Labute approximate surface area is 256 Å². The Balaban J connectivity index is 1.60. The number of aryl methyl sites for hydroxylation is 1. The number of fused-ring (bicyclic) bond motifs is 1. The van der Waals surface area contributed by atoms with Gasteiger partial charge in [-0.3, -0.25) is 24.2 Å². The number of hydrazine groups is 1. The monoisotopic (exact) mass is 597 g/mol. The van der Waals surface area contributed by atoms with Crippen LogP contribution >= 0.6 is 0 Å². The zero-order valence-corrected chi connectivity index (χ0v) is 26.9. The van der Waals surface area contributed by atoms with Gasteiger partial charge in [0.05, 0.1) is 18.1 Å². The van der Waals surface area contributed by atoms with Crippen molar-refractivity contribution in [3.05, 3.63) is 41.5 Å². The molecule has 1 aromatic rings. The fraction of sp³-hybridized carbons (Fsp3) is 0.636. The van der Waals surface area contributed by atoms with E-state index in [1.165, 1.54) is 10.6 Å². The quantitative estimate of drug-likeness (QED) is 0.321. The minimum Gasteiger partial charge on any atom is -0.381 e. The summed E-state index contributed by atoms with van der Waals surface area (Å²) < 4.78 is 5.48. The molecule has 43 heavy (non-hydrogen) atoms. The molecule has 1 aromatic carbocycles. The molecule has 2 aliphatic rings. The third-order valence-electron chi connectivity index (χ3n) is 8.84. The fourth-order valence-corrected chi connectivity index (χ4v) is 6.09. The molecular formula is C33H51N5O5. The lowest BCUT2D eigenvalue weighted by molar-refractivity contribution is -0.146. The van der Waals surface area contributed by atoms with Crippen molar-refractivity contribution in [2.75, 3.05) is 20.7 Å². The van der Waals surface area contributed by atoms with Gasteiger partial charge in [0, 0.05) is 20.7 Å². The summed E-state index contributed by atoms with van der Waals surface area (Å²) in [7, 11) is 3.41. The number of nitrogens with zero attached hydrogens (tertiary/aromatic N) is 2.